The molecule has 30 heavy (non-hydrogen) atoms. The lowest BCUT2D eigenvalue weighted by molar-refractivity contribution is -0.129. The Morgan fingerprint density at radius 1 is 0.967 bits per heavy atom. The molecule has 0 atom stereocenters. The van der Waals surface area contributed by atoms with Crippen molar-refractivity contribution in [2.75, 3.05) is 44.2 Å². The summed E-state index contributed by atoms with van der Waals surface area (Å²) in [5.74, 6) is 1.21. The molecule has 2 saturated heterocycles. The Morgan fingerprint density at radius 3 is 2.50 bits per heavy atom. The number of hydrogen-bond acceptors (Lipinski definition) is 7. The molecule has 2 aliphatic heterocycles. The summed E-state index contributed by atoms with van der Waals surface area (Å²) in [6.45, 7) is 5.67. The normalized spacial score (nSPS) is 22.1. The number of carbonyl (C=O) groups excluding carboxylic acids is 2. The summed E-state index contributed by atoms with van der Waals surface area (Å²) in [7, 11) is 0. The molecule has 160 valence electrons. The first kappa shape index (κ1) is 20.3. The van der Waals surface area contributed by atoms with Crippen LogP contribution in [0.25, 0.3) is 10.1 Å². The monoisotopic (exact) mass is 444 g/mol. The molecule has 3 heterocycles. The second kappa shape index (κ2) is 8.48. The number of carbonyl (C=O) groups is 2. The van der Waals surface area contributed by atoms with Crippen LogP contribution in [0.5, 0.6) is 0 Å². The van der Waals surface area contributed by atoms with Gasteiger partial charge in [0, 0.05) is 38.1 Å². The number of aromatic nitrogens is 1. The maximum atomic E-state index is 12.7. The van der Waals surface area contributed by atoms with E-state index in [2.05, 4.69) is 38.4 Å². The van der Waals surface area contributed by atoms with Gasteiger partial charge in [-0.1, -0.05) is 25.0 Å². The second-order valence-electron chi connectivity index (χ2n) is 8.56. The first-order valence-corrected chi connectivity index (χ1v) is 12.6. The van der Waals surface area contributed by atoms with Crippen LogP contribution < -0.4 is 4.90 Å². The molecule has 1 aliphatic carbocycles. The largest absolute Gasteiger partial charge is 0.353 e. The van der Waals surface area contributed by atoms with Crippen molar-refractivity contribution in [2.45, 2.75) is 43.3 Å². The number of amides is 2. The Labute approximate surface area is 185 Å². The van der Waals surface area contributed by atoms with Crippen LogP contribution in [-0.4, -0.2) is 69.3 Å². The van der Waals surface area contributed by atoms with Gasteiger partial charge in [-0.05, 0) is 67.7 Å². The van der Waals surface area contributed by atoms with Crippen LogP contribution in [0.15, 0.2) is 24.3 Å². The highest BCUT2D eigenvalue weighted by Gasteiger charge is 2.53. The van der Waals surface area contributed by atoms with E-state index in [-0.39, 0.29) is 11.1 Å². The molecule has 1 spiro atoms. The zero-order valence-electron chi connectivity index (χ0n) is 17.2. The van der Waals surface area contributed by atoms with Gasteiger partial charge in [0.25, 0.3) is 5.24 Å². The number of hydrogen-bond donors (Lipinski definition) is 0. The zero-order chi connectivity index (χ0) is 20.6. The summed E-state index contributed by atoms with van der Waals surface area (Å²) in [5.41, 5.74) is 0. The fourth-order valence-corrected chi connectivity index (χ4v) is 7.04. The minimum atomic E-state index is -0.409. The predicted octanol–water partition coefficient (Wildman–Crippen LogP) is 4.21. The molecule has 0 radical (unpaired) electrons. The number of rotatable bonds is 6. The van der Waals surface area contributed by atoms with Crippen molar-refractivity contribution in [3.05, 3.63) is 24.3 Å². The molecule has 5 rings (SSSR count). The number of imide groups is 1. The maximum absolute atomic E-state index is 12.7. The molecule has 2 aromatic rings. The third-order valence-electron chi connectivity index (χ3n) is 6.69. The Balaban J connectivity index is 1.06. The Bertz CT molecular complexity index is 932. The second-order valence-corrected chi connectivity index (χ2v) is 10.7. The molecule has 3 fully saturated rings. The van der Waals surface area contributed by atoms with Gasteiger partial charge in [-0.25, -0.2) is 0 Å². The molecule has 0 unspecified atom stereocenters. The van der Waals surface area contributed by atoms with E-state index in [1.807, 2.05) is 0 Å². The van der Waals surface area contributed by atoms with Crippen molar-refractivity contribution < 1.29 is 9.59 Å². The first-order chi connectivity index (χ1) is 14.7. The van der Waals surface area contributed by atoms with Gasteiger partial charge in [0.1, 0.15) is 10.6 Å². The van der Waals surface area contributed by atoms with Gasteiger partial charge in [-0.15, -0.1) is 0 Å². The Kier molecular flexibility index (Phi) is 5.73. The minimum Gasteiger partial charge on any atom is -0.353 e. The fourth-order valence-electron chi connectivity index (χ4n) is 4.94. The van der Waals surface area contributed by atoms with E-state index in [0.717, 1.165) is 77.1 Å². The molecular formula is C22H28N4O2S2. The smallest absolute Gasteiger partial charge is 0.289 e. The van der Waals surface area contributed by atoms with E-state index in [0.29, 0.717) is 6.54 Å². The zero-order valence-corrected chi connectivity index (χ0v) is 18.8. The first-order valence-electron chi connectivity index (χ1n) is 11.0. The SMILES string of the molecule is O=C1SC2(CCCC2)C(=O)N1CCCCN1CCN(c2nsc3ccccc23)CC1. The Morgan fingerprint density at radius 2 is 1.70 bits per heavy atom. The highest BCUT2D eigenvalue weighted by Crippen LogP contribution is 2.48. The van der Waals surface area contributed by atoms with E-state index in [4.69, 9.17) is 0 Å². The number of anilines is 1. The fraction of sp³-hybridized carbons (Fsp3) is 0.591. The lowest BCUT2D eigenvalue weighted by Crippen LogP contribution is -2.47. The van der Waals surface area contributed by atoms with E-state index in [1.54, 1.807) is 11.5 Å². The van der Waals surface area contributed by atoms with E-state index < -0.39 is 4.75 Å². The summed E-state index contributed by atoms with van der Waals surface area (Å²) in [6.07, 6.45) is 5.80. The Hall–Kier alpha value is -1.64. The van der Waals surface area contributed by atoms with Gasteiger partial charge in [0.2, 0.25) is 5.91 Å². The highest BCUT2D eigenvalue weighted by molar-refractivity contribution is 8.16. The molecule has 1 aromatic heterocycles. The van der Waals surface area contributed by atoms with Gasteiger partial charge in [0.05, 0.1) is 4.70 Å². The van der Waals surface area contributed by atoms with Crippen LogP contribution in [-0.2, 0) is 4.79 Å². The van der Waals surface area contributed by atoms with Crippen molar-refractivity contribution in [1.82, 2.24) is 14.2 Å². The average Bonchev–Trinajstić information content (AvgIpc) is 3.46. The molecule has 1 saturated carbocycles. The lowest BCUT2D eigenvalue weighted by atomic mass is 10.1. The van der Waals surface area contributed by atoms with Gasteiger partial charge in [0.15, 0.2) is 0 Å². The highest BCUT2D eigenvalue weighted by atomic mass is 32.2. The van der Waals surface area contributed by atoms with Crippen LogP contribution in [0.2, 0.25) is 0 Å². The molecule has 1 aromatic carbocycles. The van der Waals surface area contributed by atoms with Crippen molar-refractivity contribution in [1.29, 1.82) is 0 Å². The number of benzene rings is 1. The summed E-state index contributed by atoms with van der Waals surface area (Å²) < 4.78 is 5.52. The van der Waals surface area contributed by atoms with Crippen LogP contribution >= 0.6 is 23.3 Å². The molecular weight excluding hydrogens is 416 g/mol. The maximum Gasteiger partial charge on any atom is 0.289 e. The van der Waals surface area contributed by atoms with Crippen molar-refractivity contribution >= 4 is 50.3 Å². The van der Waals surface area contributed by atoms with Gasteiger partial charge >= 0.3 is 0 Å². The summed E-state index contributed by atoms with van der Waals surface area (Å²) in [5, 5.41) is 1.24. The van der Waals surface area contributed by atoms with Gasteiger partial charge < -0.3 is 4.90 Å². The lowest BCUT2D eigenvalue weighted by Gasteiger charge is -2.35. The van der Waals surface area contributed by atoms with Crippen LogP contribution in [0.4, 0.5) is 10.6 Å². The predicted molar refractivity (Wildman–Crippen MR) is 123 cm³/mol. The molecule has 0 N–H and O–H groups in total. The average molecular weight is 445 g/mol. The van der Waals surface area contributed by atoms with Gasteiger partial charge in [-0.2, -0.15) is 4.37 Å². The quantitative estimate of drug-likeness (QED) is 0.622. The van der Waals surface area contributed by atoms with Crippen LogP contribution in [0, 0.1) is 0 Å². The van der Waals surface area contributed by atoms with Gasteiger partial charge in [-0.3, -0.25) is 19.4 Å². The number of thioether (sulfide) groups is 1. The molecule has 2 amide bonds. The summed E-state index contributed by atoms with van der Waals surface area (Å²) in [6, 6.07) is 8.45. The van der Waals surface area contributed by atoms with Crippen LogP contribution in [0.1, 0.15) is 38.5 Å². The van der Waals surface area contributed by atoms with Crippen molar-refractivity contribution in [2.24, 2.45) is 0 Å². The summed E-state index contributed by atoms with van der Waals surface area (Å²) >= 11 is 2.87. The number of nitrogens with zero attached hydrogens (tertiary/aromatic N) is 4. The molecule has 0 bridgehead atoms. The molecule has 6 nitrogen and oxygen atoms in total. The topological polar surface area (TPSA) is 56.8 Å². The minimum absolute atomic E-state index is 0.0222. The third kappa shape index (κ3) is 3.74. The molecule has 8 heteroatoms. The van der Waals surface area contributed by atoms with Crippen LogP contribution in [0.3, 0.4) is 0 Å². The van der Waals surface area contributed by atoms with Crippen molar-refractivity contribution in [3.8, 4) is 0 Å². The number of unbranched alkanes of at least 4 members (excludes halogenated alkanes) is 1. The van der Waals surface area contributed by atoms with Crippen molar-refractivity contribution in [3.63, 3.8) is 0 Å². The van der Waals surface area contributed by atoms with E-state index in [9.17, 15) is 9.59 Å². The molecule has 3 aliphatic rings. The van der Waals surface area contributed by atoms with E-state index >= 15 is 0 Å². The number of fused-ring (bicyclic) bond motifs is 1. The summed E-state index contributed by atoms with van der Waals surface area (Å²) in [4.78, 5) is 31.5. The standard InChI is InChI=1S/C22H28N4O2S2/c27-20-22(9-3-4-10-22)29-21(28)26(20)12-6-5-11-24-13-15-25(16-14-24)19-17-7-1-2-8-18(17)30-23-19/h1-2,7-8H,3-6,9-16H2. The number of piperazine rings is 1. The van der Waals surface area contributed by atoms with E-state index in [1.165, 1.54) is 26.7 Å². The third-order valence-corrected chi connectivity index (χ3v) is 8.87.